The van der Waals surface area contributed by atoms with Crippen molar-refractivity contribution >= 4 is 22.7 Å². The predicted molar refractivity (Wildman–Crippen MR) is 93.6 cm³/mol. The molecule has 130 valence electrons. The first-order valence-electron chi connectivity index (χ1n) is 8.02. The van der Waals surface area contributed by atoms with Gasteiger partial charge >= 0.3 is 0 Å². The van der Waals surface area contributed by atoms with Crippen molar-refractivity contribution in [2.24, 2.45) is 0 Å². The Bertz CT molecular complexity index is 998. The van der Waals surface area contributed by atoms with E-state index in [0.29, 0.717) is 17.1 Å². The zero-order valence-corrected chi connectivity index (χ0v) is 13.7. The van der Waals surface area contributed by atoms with Crippen molar-refractivity contribution in [1.29, 1.82) is 0 Å². The Morgan fingerprint density at radius 2 is 1.85 bits per heavy atom. The number of carbonyl (C=O) groups excluding carboxylic acids is 2. The predicted octanol–water partition coefficient (Wildman–Crippen LogP) is 1.97. The third kappa shape index (κ3) is 3.14. The fourth-order valence-corrected chi connectivity index (χ4v) is 2.76. The van der Waals surface area contributed by atoms with Crippen molar-refractivity contribution in [3.63, 3.8) is 0 Å². The SMILES string of the molecule is O=C(Cc1cccc2cccnc12)NNC(=O)c1ccc2c(c1)OCO2. The average molecular weight is 349 g/mol. The minimum absolute atomic E-state index is 0.107. The van der Waals surface area contributed by atoms with Gasteiger partial charge in [0.2, 0.25) is 12.7 Å². The van der Waals surface area contributed by atoms with Crippen molar-refractivity contribution in [2.75, 3.05) is 6.79 Å². The summed E-state index contributed by atoms with van der Waals surface area (Å²) in [4.78, 5) is 28.7. The lowest BCUT2D eigenvalue weighted by Gasteiger charge is -2.09. The highest BCUT2D eigenvalue weighted by Crippen LogP contribution is 2.32. The van der Waals surface area contributed by atoms with E-state index in [0.717, 1.165) is 16.5 Å². The summed E-state index contributed by atoms with van der Waals surface area (Å²) in [6.07, 6.45) is 1.79. The number of fused-ring (bicyclic) bond motifs is 2. The molecule has 0 bridgehead atoms. The molecule has 0 atom stereocenters. The van der Waals surface area contributed by atoms with E-state index in [-0.39, 0.29) is 19.1 Å². The second-order valence-electron chi connectivity index (χ2n) is 5.74. The summed E-state index contributed by atoms with van der Waals surface area (Å²) in [6.45, 7) is 0.135. The zero-order valence-electron chi connectivity index (χ0n) is 13.7. The van der Waals surface area contributed by atoms with Gasteiger partial charge in [-0.25, -0.2) is 0 Å². The summed E-state index contributed by atoms with van der Waals surface area (Å²) in [6, 6.07) is 14.3. The van der Waals surface area contributed by atoms with E-state index in [2.05, 4.69) is 15.8 Å². The van der Waals surface area contributed by atoms with Crippen molar-refractivity contribution in [3.05, 3.63) is 65.9 Å². The summed E-state index contributed by atoms with van der Waals surface area (Å²) in [5, 5.41) is 0.960. The van der Waals surface area contributed by atoms with E-state index in [9.17, 15) is 9.59 Å². The highest BCUT2D eigenvalue weighted by molar-refractivity contribution is 5.96. The zero-order chi connectivity index (χ0) is 17.9. The molecule has 7 nitrogen and oxygen atoms in total. The quantitative estimate of drug-likeness (QED) is 0.706. The smallest absolute Gasteiger partial charge is 0.269 e. The Morgan fingerprint density at radius 1 is 1.00 bits per heavy atom. The molecule has 1 aliphatic heterocycles. The van der Waals surface area contributed by atoms with Gasteiger partial charge in [-0.2, -0.15) is 0 Å². The van der Waals surface area contributed by atoms with Crippen LogP contribution in [0.15, 0.2) is 54.7 Å². The fourth-order valence-electron chi connectivity index (χ4n) is 2.76. The minimum atomic E-state index is -0.437. The molecule has 0 unspecified atom stereocenters. The molecule has 0 radical (unpaired) electrons. The van der Waals surface area contributed by atoms with Gasteiger partial charge in [-0.05, 0) is 29.8 Å². The molecular weight excluding hydrogens is 334 g/mol. The minimum Gasteiger partial charge on any atom is -0.454 e. The number of pyridine rings is 1. The normalized spacial score (nSPS) is 12.0. The van der Waals surface area contributed by atoms with Gasteiger partial charge in [-0.3, -0.25) is 25.4 Å². The number of nitrogens with zero attached hydrogens (tertiary/aromatic N) is 1. The van der Waals surface area contributed by atoms with E-state index < -0.39 is 5.91 Å². The number of benzene rings is 2. The molecule has 0 spiro atoms. The second kappa shape index (κ2) is 6.72. The molecule has 0 saturated carbocycles. The molecule has 2 N–H and O–H groups in total. The van der Waals surface area contributed by atoms with E-state index in [4.69, 9.17) is 9.47 Å². The number of ether oxygens (including phenoxy) is 2. The molecule has 26 heavy (non-hydrogen) atoms. The first kappa shape index (κ1) is 15.9. The molecule has 2 aromatic carbocycles. The number of amides is 2. The number of carbonyl (C=O) groups is 2. The fraction of sp³-hybridized carbons (Fsp3) is 0.105. The van der Waals surface area contributed by atoms with Gasteiger partial charge in [0.05, 0.1) is 11.9 Å². The topological polar surface area (TPSA) is 89.6 Å². The molecule has 2 amide bonds. The summed E-state index contributed by atoms with van der Waals surface area (Å²) in [5.74, 6) is 0.324. The Morgan fingerprint density at radius 3 is 2.77 bits per heavy atom. The molecule has 1 aliphatic rings. The Kier molecular flexibility index (Phi) is 4.10. The molecule has 0 aliphatic carbocycles. The third-order valence-corrected chi connectivity index (χ3v) is 4.02. The van der Waals surface area contributed by atoms with Crippen LogP contribution in [-0.2, 0) is 11.2 Å². The van der Waals surface area contributed by atoms with Gasteiger partial charge in [0, 0.05) is 17.1 Å². The molecular formula is C19H15N3O4. The number of para-hydroxylation sites is 1. The Balaban J connectivity index is 1.40. The lowest BCUT2D eigenvalue weighted by molar-refractivity contribution is -0.121. The largest absolute Gasteiger partial charge is 0.454 e. The van der Waals surface area contributed by atoms with Gasteiger partial charge in [-0.1, -0.05) is 24.3 Å². The van der Waals surface area contributed by atoms with Crippen LogP contribution in [0.4, 0.5) is 0 Å². The molecule has 0 saturated heterocycles. The summed E-state index contributed by atoms with van der Waals surface area (Å²) in [7, 11) is 0. The van der Waals surface area contributed by atoms with Gasteiger partial charge in [0.1, 0.15) is 0 Å². The lowest BCUT2D eigenvalue weighted by atomic mass is 10.1. The standard InChI is InChI=1S/C19H15N3O4/c23-17(10-13-4-1-3-12-5-2-8-20-18(12)13)21-22-19(24)14-6-7-15-16(9-14)26-11-25-15/h1-9H,10-11H2,(H,21,23)(H,22,24). The number of nitrogens with one attached hydrogen (secondary N) is 2. The average Bonchev–Trinajstić information content (AvgIpc) is 3.14. The molecule has 2 heterocycles. The van der Waals surface area contributed by atoms with Crippen molar-refractivity contribution < 1.29 is 19.1 Å². The van der Waals surface area contributed by atoms with E-state index in [1.165, 1.54) is 0 Å². The van der Waals surface area contributed by atoms with Crippen LogP contribution in [0.1, 0.15) is 15.9 Å². The maximum absolute atomic E-state index is 12.2. The van der Waals surface area contributed by atoms with Crippen LogP contribution >= 0.6 is 0 Å². The van der Waals surface area contributed by atoms with E-state index >= 15 is 0 Å². The van der Waals surface area contributed by atoms with Crippen LogP contribution in [-0.4, -0.2) is 23.6 Å². The van der Waals surface area contributed by atoms with Crippen LogP contribution < -0.4 is 20.3 Å². The van der Waals surface area contributed by atoms with Crippen LogP contribution in [0.3, 0.4) is 0 Å². The molecule has 7 heteroatoms. The third-order valence-electron chi connectivity index (χ3n) is 4.02. The monoisotopic (exact) mass is 349 g/mol. The number of hydrogen-bond acceptors (Lipinski definition) is 5. The van der Waals surface area contributed by atoms with E-state index in [1.54, 1.807) is 24.4 Å². The Hall–Kier alpha value is -3.61. The first-order chi connectivity index (χ1) is 12.7. The van der Waals surface area contributed by atoms with Crippen molar-refractivity contribution in [2.45, 2.75) is 6.42 Å². The second-order valence-corrected chi connectivity index (χ2v) is 5.74. The molecule has 0 fully saturated rings. The molecule has 4 rings (SSSR count). The van der Waals surface area contributed by atoms with Crippen molar-refractivity contribution in [3.8, 4) is 11.5 Å². The van der Waals surface area contributed by atoms with Gasteiger partial charge < -0.3 is 9.47 Å². The van der Waals surface area contributed by atoms with Gasteiger partial charge in [-0.15, -0.1) is 0 Å². The van der Waals surface area contributed by atoms with Gasteiger partial charge in [0.15, 0.2) is 11.5 Å². The van der Waals surface area contributed by atoms with Crippen LogP contribution in [0.5, 0.6) is 11.5 Å². The van der Waals surface area contributed by atoms with Crippen LogP contribution in [0, 0.1) is 0 Å². The van der Waals surface area contributed by atoms with Gasteiger partial charge in [0.25, 0.3) is 5.91 Å². The Labute approximate surface area is 148 Å². The lowest BCUT2D eigenvalue weighted by Crippen LogP contribution is -2.42. The maximum Gasteiger partial charge on any atom is 0.269 e. The number of hydrogen-bond donors (Lipinski definition) is 2. The summed E-state index contributed by atoms with van der Waals surface area (Å²) < 4.78 is 10.4. The maximum atomic E-state index is 12.2. The van der Waals surface area contributed by atoms with E-state index in [1.807, 2.05) is 30.3 Å². The van der Waals surface area contributed by atoms with Crippen LogP contribution in [0.2, 0.25) is 0 Å². The highest BCUT2D eigenvalue weighted by atomic mass is 16.7. The highest BCUT2D eigenvalue weighted by Gasteiger charge is 2.16. The first-order valence-corrected chi connectivity index (χ1v) is 8.02. The van der Waals surface area contributed by atoms with Crippen LogP contribution in [0.25, 0.3) is 10.9 Å². The van der Waals surface area contributed by atoms with Crippen molar-refractivity contribution in [1.82, 2.24) is 15.8 Å². The number of aromatic nitrogens is 1. The molecule has 1 aromatic heterocycles. The summed E-state index contributed by atoms with van der Waals surface area (Å²) >= 11 is 0. The number of rotatable bonds is 3. The molecule has 3 aromatic rings. The number of hydrazine groups is 1. The summed E-state index contributed by atoms with van der Waals surface area (Å²) in [5.41, 5.74) is 6.75.